The van der Waals surface area contributed by atoms with E-state index in [2.05, 4.69) is 17.1 Å². The van der Waals surface area contributed by atoms with Gasteiger partial charge in [-0.15, -0.1) is 0 Å². The Morgan fingerprint density at radius 3 is 2.74 bits per heavy atom. The van der Waals surface area contributed by atoms with Crippen LogP contribution in [0, 0.1) is 0 Å². The second-order valence-electron chi connectivity index (χ2n) is 8.48. The topological polar surface area (TPSA) is 80.8 Å². The number of para-hydroxylation sites is 1. The summed E-state index contributed by atoms with van der Waals surface area (Å²) in [6, 6.07) is 14.7. The van der Waals surface area contributed by atoms with Crippen molar-refractivity contribution in [1.82, 2.24) is 9.88 Å². The fourth-order valence-corrected chi connectivity index (χ4v) is 4.42. The molecule has 1 N–H and O–H groups in total. The molecule has 3 aromatic rings. The number of hydrogen-bond donors (Lipinski definition) is 1. The first-order valence-electron chi connectivity index (χ1n) is 11.8. The van der Waals surface area contributed by atoms with Gasteiger partial charge in [-0.2, -0.15) is 0 Å². The van der Waals surface area contributed by atoms with E-state index in [1.807, 2.05) is 31.2 Å². The Hall–Kier alpha value is -3.45. The highest BCUT2D eigenvalue weighted by atomic mass is 16.5. The molecule has 2 aromatic carbocycles. The highest BCUT2D eigenvalue weighted by molar-refractivity contribution is 6.06. The fourth-order valence-electron chi connectivity index (χ4n) is 4.42. The SMILES string of the molecule is CCCN1CCc2nc3ccccc3c(C(=O)OC(CC)C(=O)Nc3cccc(OC)c3)c2C1. The van der Waals surface area contributed by atoms with Crippen LogP contribution in [0.1, 0.15) is 48.3 Å². The normalized spacial score (nSPS) is 14.3. The fraction of sp³-hybridized carbons (Fsp3) is 0.370. The number of methoxy groups -OCH3 is 1. The van der Waals surface area contributed by atoms with Crippen molar-refractivity contribution < 1.29 is 19.1 Å². The van der Waals surface area contributed by atoms with Crippen molar-refractivity contribution in [2.45, 2.75) is 45.8 Å². The maximum atomic E-state index is 13.6. The monoisotopic (exact) mass is 461 g/mol. The molecular weight excluding hydrogens is 430 g/mol. The maximum absolute atomic E-state index is 13.6. The van der Waals surface area contributed by atoms with Crippen LogP contribution >= 0.6 is 0 Å². The van der Waals surface area contributed by atoms with Gasteiger partial charge >= 0.3 is 5.97 Å². The van der Waals surface area contributed by atoms with Crippen molar-refractivity contribution >= 4 is 28.5 Å². The van der Waals surface area contributed by atoms with E-state index in [9.17, 15) is 9.59 Å². The molecule has 7 heteroatoms. The summed E-state index contributed by atoms with van der Waals surface area (Å²) in [5.74, 6) is -0.223. The third-order valence-electron chi connectivity index (χ3n) is 6.12. The van der Waals surface area contributed by atoms with E-state index in [-0.39, 0.29) is 5.91 Å². The average Bonchev–Trinajstić information content (AvgIpc) is 2.86. The van der Waals surface area contributed by atoms with Crippen LogP contribution in [0.3, 0.4) is 0 Å². The van der Waals surface area contributed by atoms with Crippen LogP contribution in [0.2, 0.25) is 0 Å². The van der Waals surface area contributed by atoms with E-state index in [4.69, 9.17) is 14.5 Å². The highest BCUT2D eigenvalue weighted by Crippen LogP contribution is 2.29. The molecule has 0 bridgehead atoms. The Bertz CT molecular complexity index is 1190. The summed E-state index contributed by atoms with van der Waals surface area (Å²) >= 11 is 0. The Morgan fingerprint density at radius 1 is 1.15 bits per heavy atom. The molecule has 1 unspecified atom stereocenters. The number of hydrogen-bond acceptors (Lipinski definition) is 6. The quantitative estimate of drug-likeness (QED) is 0.495. The van der Waals surface area contributed by atoms with E-state index in [0.29, 0.717) is 30.0 Å². The number of pyridine rings is 1. The molecule has 7 nitrogen and oxygen atoms in total. The number of ether oxygens (including phenoxy) is 2. The Kier molecular flexibility index (Phi) is 7.43. The Labute approximate surface area is 200 Å². The third-order valence-corrected chi connectivity index (χ3v) is 6.12. The van der Waals surface area contributed by atoms with Gasteiger partial charge in [0.2, 0.25) is 0 Å². The summed E-state index contributed by atoms with van der Waals surface area (Å²) in [5.41, 5.74) is 3.72. The average molecular weight is 462 g/mol. The second kappa shape index (κ2) is 10.7. The minimum Gasteiger partial charge on any atom is -0.497 e. The van der Waals surface area contributed by atoms with Gasteiger partial charge in [0.25, 0.3) is 5.91 Å². The van der Waals surface area contributed by atoms with Gasteiger partial charge < -0.3 is 14.8 Å². The first kappa shape index (κ1) is 23.7. The lowest BCUT2D eigenvalue weighted by Gasteiger charge is -2.30. The molecule has 4 rings (SSSR count). The number of nitrogens with zero attached hydrogens (tertiary/aromatic N) is 2. The molecular formula is C27H31N3O4. The van der Waals surface area contributed by atoms with Crippen molar-refractivity contribution in [3.8, 4) is 5.75 Å². The summed E-state index contributed by atoms with van der Waals surface area (Å²) < 4.78 is 11.0. The van der Waals surface area contributed by atoms with E-state index in [1.165, 1.54) is 0 Å². The summed E-state index contributed by atoms with van der Waals surface area (Å²) in [7, 11) is 1.57. The lowest BCUT2D eigenvalue weighted by molar-refractivity contribution is -0.124. The first-order valence-corrected chi connectivity index (χ1v) is 11.8. The predicted octanol–water partition coefficient (Wildman–Crippen LogP) is 4.59. The van der Waals surface area contributed by atoms with Gasteiger partial charge in [-0.25, -0.2) is 4.79 Å². The molecule has 1 aliphatic heterocycles. The molecule has 0 saturated heterocycles. The van der Waals surface area contributed by atoms with Crippen LogP contribution in [0.5, 0.6) is 5.75 Å². The van der Waals surface area contributed by atoms with Crippen LogP contribution in [0.15, 0.2) is 48.5 Å². The number of carbonyl (C=O) groups is 2. The molecule has 0 saturated carbocycles. The molecule has 0 fully saturated rings. The predicted molar refractivity (Wildman–Crippen MR) is 132 cm³/mol. The number of aromatic nitrogens is 1. The van der Waals surface area contributed by atoms with Gasteiger partial charge in [0.15, 0.2) is 6.10 Å². The van der Waals surface area contributed by atoms with Crippen LogP contribution in [-0.4, -0.2) is 48.1 Å². The van der Waals surface area contributed by atoms with Crippen LogP contribution in [0.4, 0.5) is 5.69 Å². The molecule has 0 aliphatic carbocycles. The number of esters is 1. The summed E-state index contributed by atoms with van der Waals surface area (Å²) in [6.07, 6.45) is 1.26. The molecule has 0 radical (unpaired) electrons. The number of fused-ring (bicyclic) bond motifs is 2. The van der Waals surface area contributed by atoms with Crippen molar-refractivity contribution in [2.24, 2.45) is 0 Å². The molecule has 1 amide bonds. The molecule has 0 spiro atoms. The highest BCUT2D eigenvalue weighted by Gasteiger charge is 2.29. The van der Waals surface area contributed by atoms with Gasteiger partial charge in [0.1, 0.15) is 5.75 Å². The molecule has 1 aliphatic rings. The van der Waals surface area contributed by atoms with Gasteiger partial charge in [-0.05, 0) is 37.6 Å². The number of rotatable bonds is 8. The van der Waals surface area contributed by atoms with Crippen molar-refractivity contribution in [3.63, 3.8) is 0 Å². The zero-order valence-corrected chi connectivity index (χ0v) is 20.0. The van der Waals surface area contributed by atoms with Crippen LogP contribution in [-0.2, 0) is 22.5 Å². The zero-order chi connectivity index (χ0) is 24.1. The summed E-state index contributed by atoms with van der Waals surface area (Å²) in [6.45, 7) is 6.50. The standard InChI is InChI=1S/C27H31N3O4/c1-4-14-30-15-13-23-21(17-30)25(20-11-6-7-12-22(20)29-23)27(32)34-24(5-2)26(31)28-18-9-8-10-19(16-18)33-3/h6-12,16,24H,4-5,13-15,17H2,1-3H3,(H,28,31). The van der Waals surface area contributed by atoms with E-state index in [1.54, 1.807) is 31.4 Å². The number of anilines is 1. The molecule has 2 heterocycles. The number of benzene rings is 2. The smallest absolute Gasteiger partial charge is 0.340 e. The van der Waals surface area contributed by atoms with Gasteiger partial charge in [-0.3, -0.25) is 14.7 Å². The van der Waals surface area contributed by atoms with Gasteiger partial charge in [-0.1, -0.05) is 38.1 Å². The van der Waals surface area contributed by atoms with Crippen molar-refractivity contribution in [2.75, 3.05) is 25.5 Å². The maximum Gasteiger partial charge on any atom is 0.340 e. The molecule has 1 aromatic heterocycles. The first-order chi connectivity index (χ1) is 16.5. The number of amides is 1. The van der Waals surface area contributed by atoms with Gasteiger partial charge in [0.05, 0.1) is 18.2 Å². The summed E-state index contributed by atoms with van der Waals surface area (Å²) in [5, 5.41) is 3.59. The van der Waals surface area contributed by atoms with Gasteiger partial charge in [0, 0.05) is 47.9 Å². The zero-order valence-electron chi connectivity index (χ0n) is 20.0. The van der Waals surface area contributed by atoms with E-state index < -0.39 is 12.1 Å². The lowest BCUT2D eigenvalue weighted by Crippen LogP contribution is -2.35. The third kappa shape index (κ3) is 5.04. The Morgan fingerprint density at radius 2 is 1.97 bits per heavy atom. The molecule has 178 valence electrons. The van der Waals surface area contributed by atoms with E-state index in [0.717, 1.165) is 48.1 Å². The van der Waals surface area contributed by atoms with Crippen molar-refractivity contribution in [3.05, 3.63) is 65.4 Å². The number of nitrogens with one attached hydrogen (secondary N) is 1. The molecule has 34 heavy (non-hydrogen) atoms. The lowest BCUT2D eigenvalue weighted by atomic mass is 9.95. The largest absolute Gasteiger partial charge is 0.497 e. The van der Waals surface area contributed by atoms with Crippen LogP contribution < -0.4 is 10.1 Å². The number of carbonyl (C=O) groups excluding carboxylic acids is 2. The van der Waals surface area contributed by atoms with E-state index >= 15 is 0 Å². The van der Waals surface area contributed by atoms with Crippen LogP contribution in [0.25, 0.3) is 10.9 Å². The summed E-state index contributed by atoms with van der Waals surface area (Å²) in [4.78, 5) is 33.7. The van der Waals surface area contributed by atoms with Crippen molar-refractivity contribution in [1.29, 1.82) is 0 Å². The minimum absolute atomic E-state index is 0.356. The second-order valence-corrected chi connectivity index (χ2v) is 8.48. The Balaban J connectivity index is 1.62. The molecule has 1 atom stereocenters. The minimum atomic E-state index is -0.920.